The van der Waals surface area contributed by atoms with Crippen LogP contribution < -0.4 is 4.74 Å². The van der Waals surface area contributed by atoms with Gasteiger partial charge in [0, 0.05) is 24.2 Å². The molecule has 4 rings (SSSR count). The molecule has 0 amide bonds. The summed E-state index contributed by atoms with van der Waals surface area (Å²) in [6.07, 6.45) is 5.81. The number of rotatable bonds is 4. The van der Waals surface area contributed by atoms with Crippen LogP contribution in [0.25, 0.3) is 11.4 Å². The lowest BCUT2D eigenvalue weighted by atomic mass is 10.1. The fraction of sp³-hybridized carbons (Fsp3) is 0.211. The molecule has 24 heavy (non-hydrogen) atoms. The van der Waals surface area contributed by atoms with Gasteiger partial charge in [0.05, 0.1) is 5.69 Å². The van der Waals surface area contributed by atoms with Crippen LogP contribution in [0.5, 0.6) is 11.5 Å². The molecule has 3 aromatic rings. The molecule has 0 aliphatic heterocycles. The number of hydrogen-bond donors (Lipinski definition) is 0. The largest absolute Gasteiger partial charge is 0.455 e. The van der Waals surface area contributed by atoms with Crippen LogP contribution in [-0.4, -0.2) is 15.0 Å². The summed E-state index contributed by atoms with van der Waals surface area (Å²) in [6, 6.07) is 11.3. The molecule has 1 fully saturated rings. The summed E-state index contributed by atoms with van der Waals surface area (Å²) in [6.45, 7) is 2.05. The summed E-state index contributed by atoms with van der Waals surface area (Å²) in [4.78, 5) is 13.2. The average molecular weight is 338 g/mol. The van der Waals surface area contributed by atoms with E-state index in [0.717, 1.165) is 17.1 Å². The highest BCUT2D eigenvalue weighted by Gasteiger charge is 2.27. The maximum atomic E-state index is 6.09. The minimum Gasteiger partial charge on any atom is -0.455 e. The van der Waals surface area contributed by atoms with Crippen molar-refractivity contribution in [3.63, 3.8) is 0 Å². The van der Waals surface area contributed by atoms with Gasteiger partial charge in [-0.3, -0.25) is 4.98 Å². The van der Waals surface area contributed by atoms with E-state index in [1.807, 2.05) is 25.1 Å². The van der Waals surface area contributed by atoms with Gasteiger partial charge in [0.25, 0.3) is 0 Å². The summed E-state index contributed by atoms with van der Waals surface area (Å²) in [5.74, 6) is 1.93. The lowest BCUT2D eigenvalue weighted by Gasteiger charge is -2.14. The van der Waals surface area contributed by atoms with E-state index in [2.05, 4.69) is 16.0 Å². The Bertz CT molecular complexity index is 879. The molecule has 3 heterocycles. The van der Waals surface area contributed by atoms with Crippen LogP contribution in [0.2, 0.25) is 5.15 Å². The van der Waals surface area contributed by atoms with Crippen molar-refractivity contribution in [1.82, 2.24) is 15.0 Å². The third-order valence-electron chi connectivity index (χ3n) is 4.07. The summed E-state index contributed by atoms with van der Waals surface area (Å²) >= 11 is 5.97. The lowest BCUT2D eigenvalue weighted by Crippen LogP contribution is -1.99. The molecule has 5 heteroatoms. The van der Waals surface area contributed by atoms with Crippen molar-refractivity contribution in [2.45, 2.75) is 25.7 Å². The van der Waals surface area contributed by atoms with Gasteiger partial charge in [-0.1, -0.05) is 17.7 Å². The van der Waals surface area contributed by atoms with Gasteiger partial charge in [0.1, 0.15) is 16.6 Å². The highest BCUT2D eigenvalue weighted by Crippen LogP contribution is 2.44. The molecule has 0 radical (unpaired) electrons. The Kier molecular flexibility index (Phi) is 3.90. The number of ether oxygens (including phenoxy) is 1. The highest BCUT2D eigenvalue weighted by atomic mass is 35.5. The second-order valence-corrected chi connectivity index (χ2v) is 6.30. The van der Waals surface area contributed by atoms with Gasteiger partial charge in [-0.2, -0.15) is 0 Å². The Morgan fingerprint density at radius 1 is 1.08 bits per heavy atom. The SMILES string of the molecule is Cc1nc(-c2ccccn2)c(Oc2ccnc(Cl)c2)cc1C1CC1. The molecule has 1 aliphatic rings. The van der Waals surface area contributed by atoms with Crippen LogP contribution >= 0.6 is 11.6 Å². The van der Waals surface area contributed by atoms with E-state index in [9.17, 15) is 0 Å². The highest BCUT2D eigenvalue weighted by molar-refractivity contribution is 6.29. The molecular weight excluding hydrogens is 322 g/mol. The topological polar surface area (TPSA) is 47.9 Å². The number of pyridine rings is 3. The number of hydrogen-bond acceptors (Lipinski definition) is 4. The minimum atomic E-state index is 0.398. The molecular formula is C19H16ClN3O. The van der Waals surface area contributed by atoms with E-state index < -0.39 is 0 Å². The first-order valence-electron chi connectivity index (χ1n) is 7.93. The molecule has 0 atom stereocenters. The van der Waals surface area contributed by atoms with Crippen molar-refractivity contribution in [3.05, 3.63) is 65.2 Å². The van der Waals surface area contributed by atoms with Gasteiger partial charge >= 0.3 is 0 Å². The van der Waals surface area contributed by atoms with Crippen molar-refractivity contribution < 1.29 is 4.74 Å². The molecule has 0 N–H and O–H groups in total. The van der Waals surface area contributed by atoms with E-state index in [0.29, 0.717) is 22.6 Å². The summed E-state index contributed by atoms with van der Waals surface area (Å²) in [5, 5.41) is 0.398. The fourth-order valence-corrected chi connectivity index (χ4v) is 2.91. The monoisotopic (exact) mass is 337 g/mol. The zero-order chi connectivity index (χ0) is 16.5. The van der Waals surface area contributed by atoms with Gasteiger partial charge in [0.15, 0.2) is 5.75 Å². The molecule has 0 unspecified atom stereocenters. The quantitative estimate of drug-likeness (QED) is 0.616. The Hall–Kier alpha value is -2.46. The third kappa shape index (κ3) is 3.10. The number of halogens is 1. The summed E-state index contributed by atoms with van der Waals surface area (Å²) < 4.78 is 6.09. The number of nitrogens with zero attached hydrogens (tertiary/aromatic N) is 3. The van der Waals surface area contributed by atoms with Gasteiger partial charge in [-0.25, -0.2) is 9.97 Å². The van der Waals surface area contributed by atoms with Gasteiger partial charge < -0.3 is 4.74 Å². The van der Waals surface area contributed by atoms with E-state index in [1.54, 1.807) is 24.5 Å². The van der Waals surface area contributed by atoms with Gasteiger partial charge in [-0.15, -0.1) is 0 Å². The van der Waals surface area contributed by atoms with Crippen LogP contribution in [0.15, 0.2) is 48.8 Å². The van der Waals surface area contributed by atoms with Crippen LogP contribution in [0, 0.1) is 6.92 Å². The molecule has 0 bridgehead atoms. The molecule has 3 aromatic heterocycles. The second-order valence-electron chi connectivity index (χ2n) is 5.92. The fourth-order valence-electron chi connectivity index (χ4n) is 2.75. The molecule has 4 nitrogen and oxygen atoms in total. The first-order chi connectivity index (χ1) is 11.7. The van der Waals surface area contributed by atoms with E-state index in [4.69, 9.17) is 21.3 Å². The van der Waals surface area contributed by atoms with Gasteiger partial charge in [-0.05, 0) is 55.5 Å². The van der Waals surface area contributed by atoms with Crippen molar-refractivity contribution in [2.24, 2.45) is 0 Å². The van der Waals surface area contributed by atoms with Crippen molar-refractivity contribution in [2.75, 3.05) is 0 Å². The predicted octanol–water partition coefficient (Wildman–Crippen LogP) is 5.17. The van der Waals surface area contributed by atoms with Gasteiger partial charge in [0.2, 0.25) is 0 Å². The molecule has 0 spiro atoms. The first kappa shape index (κ1) is 15.1. The Morgan fingerprint density at radius 3 is 2.67 bits per heavy atom. The molecule has 1 aliphatic carbocycles. The molecule has 0 saturated heterocycles. The smallest absolute Gasteiger partial charge is 0.155 e. The standard InChI is InChI=1S/C19H16ClN3O/c1-12-15(13-5-6-13)11-17(24-14-7-9-22-18(20)10-14)19(23-12)16-4-2-3-8-21-16/h2-4,7-11,13H,5-6H2,1H3. The third-order valence-corrected chi connectivity index (χ3v) is 4.27. The zero-order valence-corrected chi connectivity index (χ0v) is 14.0. The Morgan fingerprint density at radius 2 is 1.96 bits per heavy atom. The van der Waals surface area contributed by atoms with Crippen LogP contribution in [0.4, 0.5) is 0 Å². The lowest BCUT2D eigenvalue weighted by molar-refractivity contribution is 0.480. The van der Waals surface area contributed by atoms with Crippen molar-refractivity contribution in [3.8, 4) is 22.9 Å². The molecule has 120 valence electrons. The Labute approximate surface area is 145 Å². The molecule has 0 aromatic carbocycles. The Balaban J connectivity index is 1.81. The van der Waals surface area contributed by atoms with E-state index in [1.165, 1.54) is 18.4 Å². The zero-order valence-electron chi connectivity index (χ0n) is 13.2. The first-order valence-corrected chi connectivity index (χ1v) is 8.31. The number of aromatic nitrogens is 3. The summed E-state index contributed by atoms with van der Waals surface area (Å²) in [7, 11) is 0. The van der Waals surface area contributed by atoms with E-state index >= 15 is 0 Å². The van der Waals surface area contributed by atoms with Crippen LogP contribution in [0.3, 0.4) is 0 Å². The van der Waals surface area contributed by atoms with Crippen molar-refractivity contribution in [1.29, 1.82) is 0 Å². The maximum absolute atomic E-state index is 6.09. The average Bonchev–Trinajstić information content (AvgIpc) is 3.42. The minimum absolute atomic E-state index is 0.398. The summed E-state index contributed by atoms with van der Waals surface area (Å²) in [5.41, 5.74) is 3.83. The van der Waals surface area contributed by atoms with E-state index in [-0.39, 0.29) is 0 Å². The van der Waals surface area contributed by atoms with Crippen molar-refractivity contribution >= 4 is 11.6 Å². The normalized spacial score (nSPS) is 13.8. The van der Waals surface area contributed by atoms with Crippen LogP contribution in [-0.2, 0) is 0 Å². The van der Waals surface area contributed by atoms with Crippen LogP contribution in [0.1, 0.15) is 30.0 Å². The maximum Gasteiger partial charge on any atom is 0.155 e. The molecule has 1 saturated carbocycles. The number of aryl methyl sites for hydroxylation is 1. The second kappa shape index (κ2) is 6.21. The predicted molar refractivity (Wildman–Crippen MR) is 93.5 cm³/mol.